The lowest BCUT2D eigenvalue weighted by Gasteiger charge is -2.29. The molecule has 0 aliphatic carbocycles. The largest absolute Gasteiger partial charge is 0.493 e. The van der Waals surface area contributed by atoms with Crippen LogP contribution in [-0.4, -0.2) is 43.7 Å². The summed E-state index contributed by atoms with van der Waals surface area (Å²) in [6.45, 7) is 2.18. The van der Waals surface area contributed by atoms with Crippen molar-refractivity contribution in [1.82, 2.24) is 10.3 Å². The average Bonchev–Trinajstić information content (AvgIpc) is 3.17. The number of carbonyl (C=O) groups is 1. The third kappa shape index (κ3) is 3.42. The second kappa shape index (κ2) is 7.70. The number of amides is 1. The van der Waals surface area contributed by atoms with E-state index in [0.29, 0.717) is 29.3 Å². The van der Waals surface area contributed by atoms with Gasteiger partial charge in [0.2, 0.25) is 0 Å². The third-order valence-electron chi connectivity index (χ3n) is 5.30. The topological polar surface area (TPSA) is 63.7 Å². The van der Waals surface area contributed by atoms with Crippen molar-refractivity contribution in [3.63, 3.8) is 0 Å². The van der Waals surface area contributed by atoms with Crippen molar-refractivity contribution >= 4 is 22.9 Å². The summed E-state index contributed by atoms with van der Waals surface area (Å²) in [5.41, 5.74) is 2.37. The Labute approximate surface area is 177 Å². The lowest BCUT2D eigenvalue weighted by atomic mass is 10.1. The van der Waals surface area contributed by atoms with Crippen LogP contribution in [0.4, 0.5) is 10.1 Å². The quantitative estimate of drug-likeness (QED) is 0.678. The minimum Gasteiger partial charge on any atom is -0.493 e. The fourth-order valence-electron chi connectivity index (χ4n) is 3.54. The predicted molar refractivity (Wildman–Crippen MR) is 113 cm³/mol. The van der Waals surface area contributed by atoms with Crippen LogP contribution in [0, 0.1) is 5.82 Å². The molecule has 6 nitrogen and oxygen atoms in total. The zero-order valence-electron chi connectivity index (χ0n) is 16.4. The van der Waals surface area contributed by atoms with Crippen LogP contribution in [0.25, 0.3) is 10.6 Å². The number of fused-ring (bicyclic) bond motifs is 1. The van der Waals surface area contributed by atoms with E-state index in [4.69, 9.17) is 9.47 Å². The van der Waals surface area contributed by atoms with Crippen molar-refractivity contribution in [3.05, 3.63) is 58.9 Å². The molecule has 3 aromatic rings. The molecule has 1 amide bonds. The van der Waals surface area contributed by atoms with E-state index < -0.39 is 0 Å². The molecule has 0 bridgehead atoms. The first-order chi connectivity index (χ1) is 14.6. The van der Waals surface area contributed by atoms with Gasteiger partial charge in [0.15, 0.2) is 11.5 Å². The molecule has 0 atom stereocenters. The summed E-state index contributed by atoms with van der Waals surface area (Å²) >= 11 is 1.35. The third-order valence-corrected chi connectivity index (χ3v) is 6.43. The normalized spacial score (nSPS) is 16.2. The van der Waals surface area contributed by atoms with Crippen LogP contribution in [0.1, 0.15) is 15.4 Å². The van der Waals surface area contributed by atoms with E-state index in [1.807, 2.05) is 18.2 Å². The van der Waals surface area contributed by atoms with E-state index in [1.54, 1.807) is 24.1 Å². The number of carbonyl (C=O) groups excluding carboxylic acids is 1. The van der Waals surface area contributed by atoms with Crippen molar-refractivity contribution in [1.29, 1.82) is 0 Å². The Hall–Kier alpha value is -2.97. The van der Waals surface area contributed by atoms with Gasteiger partial charge in [-0.3, -0.25) is 4.79 Å². The van der Waals surface area contributed by atoms with Gasteiger partial charge >= 0.3 is 0 Å². The van der Waals surface area contributed by atoms with Gasteiger partial charge in [0.05, 0.1) is 12.8 Å². The van der Waals surface area contributed by atoms with Gasteiger partial charge in [-0.2, -0.15) is 0 Å². The molecule has 2 aliphatic rings. The standard InChI is InChI=1S/C22H20FN3O3S/c1-28-19-10-15(6-7-18(19)29-16-11-24-12-16)26-9-8-17-20(22(26)27)30-21(25-17)13-2-4-14(23)5-3-13/h2-7,10,16,24H,8-9,11-12H2,1H3. The Bertz CT molecular complexity index is 1100. The second-order valence-corrected chi connectivity index (χ2v) is 8.24. The Kier molecular flexibility index (Phi) is 4.88. The summed E-state index contributed by atoms with van der Waals surface area (Å²) in [6.07, 6.45) is 0.804. The summed E-state index contributed by atoms with van der Waals surface area (Å²) in [4.78, 5) is 20.2. The summed E-state index contributed by atoms with van der Waals surface area (Å²) in [5.74, 6) is 0.905. The maximum Gasteiger partial charge on any atom is 0.270 e. The Balaban J connectivity index is 1.41. The van der Waals surface area contributed by atoms with Crippen molar-refractivity contribution in [2.24, 2.45) is 0 Å². The van der Waals surface area contributed by atoms with Gasteiger partial charge in [-0.25, -0.2) is 9.37 Å². The number of rotatable bonds is 5. The second-order valence-electron chi connectivity index (χ2n) is 7.24. The van der Waals surface area contributed by atoms with Gasteiger partial charge in [-0.05, 0) is 36.4 Å². The Morgan fingerprint density at radius 2 is 1.97 bits per heavy atom. The van der Waals surface area contributed by atoms with Crippen LogP contribution in [0.15, 0.2) is 42.5 Å². The Morgan fingerprint density at radius 1 is 1.17 bits per heavy atom. The zero-order valence-corrected chi connectivity index (χ0v) is 17.2. The van der Waals surface area contributed by atoms with Gasteiger partial charge in [0.25, 0.3) is 5.91 Å². The minimum atomic E-state index is -0.294. The van der Waals surface area contributed by atoms with Crippen LogP contribution < -0.4 is 19.7 Å². The first-order valence-electron chi connectivity index (χ1n) is 9.75. The monoisotopic (exact) mass is 425 g/mol. The maximum absolute atomic E-state index is 13.2. The molecule has 1 N–H and O–H groups in total. The van der Waals surface area contributed by atoms with E-state index in [2.05, 4.69) is 10.3 Å². The number of halogens is 1. The van der Waals surface area contributed by atoms with Crippen LogP contribution in [0.3, 0.4) is 0 Å². The molecule has 1 fully saturated rings. The number of aromatic nitrogens is 1. The lowest BCUT2D eigenvalue weighted by molar-refractivity contribution is 0.0984. The molecule has 0 unspecified atom stereocenters. The molecule has 1 aromatic heterocycles. The van der Waals surface area contributed by atoms with E-state index in [1.165, 1.54) is 23.5 Å². The molecule has 0 saturated carbocycles. The summed E-state index contributed by atoms with van der Waals surface area (Å²) in [7, 11) is 1.60. The molecule has 8 heteroatoms. The molecule has 5 rings (SSSR count). The van der Waals surface area contributed by atoms with Crippen LogP contribution in [0.5, 0.6) is 11.5 Å². The smallest absolute Gasteiger partial charge is 0.270 e. The number of thiazole rings is 1. The SMILES string of the molecule is COc1cc(N2CCc3nc(-c4ccc(F)cc4)sc3C2=O)ccc1OC1CNC1. The average molecular weight is 425 g/mol. The fraction of sp³-hybridized carbons (Fsp3) is 0.273. The maximum atomic E-state index is 13.2. The zero-order chi connectivity index (χ0) is 20.7. The van der Waals surface area contributed by atoms with Gasteiger partial charge < -0.3 is 19.7 Å². The summed E-state index contributed by atoms with van der Waals surface area (Å²) in [6, 6.07) is 11.7. The number of hydrogen-bond donors (Lipinski definition) is 1. The molecular formula is C22H20FN3O3S. The van der Waals surface area contributed by atoms with Gasteiger partial charge in [0.1, 0.15) is 21.8 Å². The molecule has 154 valence electrons. The van der Waals surface area contributed by atoms with Crippen molar-refractivity contribution in [2.45, 2.75) is 12.5 Å². The van der Waals surface area contributed by atoms with Gasteiger partial charge in [-0.1, -0.05) is 0 Å². The van der Waals surface area contributed by atoms with Crippen LogP contribution in [-0.2, 0) is 6.42 Å². The number of methoxy groups -OCH3 is 1. The highest BCUT2D eigenvalue weighted by Crippen LogP contribution is 2.37. The minimum absolute atomic E-state index is 0.0824. The molecule has 1 saturated heterocycles. The molecule has 0 spiro atoms. The molecule has 0 radical (unpaired) electrons. The van der Waals surface area contributed by atoms with Crippen molar-refractivity contribution < 1.29 is 18.7 Å². The molecule has 30 heavy (non-hydrogen) atoms. The van der Waals surface area contributed by atoms with E-state index in [-0.39, 0.29) is 17.8 Å². The predicted octanol–water partition coefficient (Wildman–Crippen LogP) is 3.51. The first kappa shape index (κ1) is 19.0. The molecule has 2 aliphatic heterocycles. The van der Waals surface area contributed by atoms with Crippen LogP contribution in [0.2, 0.25) is 0 Å². The number of anilines is 1. The summed E-state index contributed by atoms with van der Waals surface area (Å²) < 4.78 is 24.6. The number of hydrogen-bond acceptors (Lipinski definition) is 6. The van der Waals surface area contributed by atoms with Crippen molar-refractivity contribution in [2.75, 3.05) is 31.6 Å². The van der Waals surface area contributed by atoms with E-state index in [0.717, 1.165) is 35.0 Å². The van der Waals surface area contributed by atoms with Gasteiger partial charge in [0, 0.05) is 43.4 Å². The number of nitrogens with one attached hydrogen (secondary N) is 1. The number of benzene rings is 2. The van der Waals surface area contributed by atoms with Crippen LogP contribution >= 0.6 is 11.3 Å². The molecular weight excluding hydrogens is 405 g/mol. The highest BCUT2D eigenvalue weighted by Gasteiger charge is 2.30. The molecule has 3 heterocycles. The van der Waals surface area contributed by atoms with Crippen molar-refractivity contribution in [3.8, 4) is 22.1 Å². The highest BCUT2D eigenvalue weighted by molar-refractivity contribution is 7.17. The lowest BCUT2D eigenvalue weighted by Crippen LogP contribution is -2.50. The summed E-state index contributed by atoms with van der Waals surface area (Å²) in [5, 5.41) is 3.90. The Morgan fingerprint density at radius 3 is 2.67 bits per heavy atom. The van der Waals surface area contributed by atoms with E-state index in [9.17, 15) is 9.18 Å². The van der Waals surface area contributed by atoms with Gasteiger partial charge in [-0.15, -0.1) is 11.3 Å². The number of nitrogens with zero attached hydrogens (tertiary/aromatic N) is 2. The number of ether oxygens (including phenoxy) is 2. The highest BCUT2D eigenvalue weighted by atomic mass is 32.1. The first-order valence-corrected chi connectivity index (χ1v) is 10.6. The fourth-order valence-corrected chi connectivity index (χ4v) is 4.61. The van der Waals surface area contributed by atoms with E-state index >= 15 is 0 Å². The molecule has 2 aromatic carbocycles.